The number of rotatable bonds is 4. The minimum absolute atomic E-state index is 0.812. The number of benzene rings is 7. The van der Waals surface area contributed by atoms with Crippen molar-refractivity contribution in [3.63, 3.8) is 0 Å². The van der Waals surface area contributed by atoms with Crippen molar-refractivity contribution in [2.24, 2.45) is 0 Å². The smallest absolute Gasteiger partial charge is 0.161 e. The Balaban J connectivity index is 0.997. The van der Waals surface area contributed by atoms with Crippen molar-refractivity contribution in [2.45, 2.75) is 0 Å². The predicted molar refractivity (Wildman–Crippen MR) is 212 cm³/mol. The lowest BCUT2D eigenvalue weighted by molar-refractivity contribution is 0.669. The second-order valence-corrected chi connectivity index (χ2v) is 13.2. The maximum Gasteiger partial charge on any atom is 0.161 e. The molecule has 0 atom stereocenters. The highest BCUT2D eigenvalue weighted by atomic mass is 16.3. The van der Waals surface area contributed by atoms with E-state index in [1.807, 2.05) is 40.9 Å². The summed E-state index contributed by atoms with van der Waals surface area (Å²) in [4.78, 5) is 10.3. The number of hydrogen-bond acceptors (Lipinski definition) is 4. The van der Waals surface area contributed by atoms with Gasteiger partial charge < -0.3 is 4.42 Å². The third-order valence-electron chi connectivity index (χ3n) is 10.2. The van der Waals surface area contributed by atoms with Gasteiger partial charge in [0.15, 0.2) is 5.82 Å². The molecule has 5 heteroatoms. The topological polar surface area (TPSA) is 56.2 Å². The number of pyridine rings is 1. The number of nitrogens with zero attached hydrogens (tertiary/aromatic N) is 4. The molecule has 4 heterocycles. The SMILES string of the molecule is c1ccc(-c2cc3c4ccccc4nc(-c4ccc(-c5ccc(-c6nc7ccccc7c7c6ccc6oc8ccccc8c67)cc5)cc4)n3n2)cc1. The lowest BCUT2D eigenvalue weighted by Gasteiger charge is -2.12. The van der Waals surface area contributed by atoms with Gasteiger partial charge >= 0.3 is 0 Å². The fraction of sp³-hybridized carbons (Fsp3) is 0. The summed E-state index contributed by atoms with van der Waals surface area (Å²) in [6.07, 6.45) is 0. The Labute approximate surface area is 298 Å². The molecule has 4 aromatic heterocycles. The summed E-state index contributed by atoms with van der Waals surface area (Å²) in [5.74, 6) is 0.812. The van der Waals surface area contributed by atoms with Crippen LogP contribution in [0.15, 0.2) is 174 Å². The summed E-state index contributed by atoms with van der Waals surface area (Å²) in [6, 6.07) is 59.0. The van der Waals surface area contributed by atoms with E-state index in [0.29, 0.717) is 0 Å². The van der Waals surface area contributed by atoms with Crippen LogP contribution in [0.3, 0.4) is 0 Å². The van der Waals surface area contributed by atoms with Crippen molar-refractivity contribution in [3.05, 3.63) is 170 Å². The van der Waals surface area contributed by atoms with Crippen LogP contribution >= 0.6 is 0 Å². The van der Waals surface area contributed by atoms with Crippen LogP contribution in [-0.4, -0.2) is 19.6 Å². The molecule has 0 N–H and O–H groups in total. The molecule has 7 aromatic carbocycles. The van der Waals surface area contributed by atoms with E-state index in [2.05, 4.69) is 133 Å². The summed E-state index contributed by atoms with van der Waals surface area (Å²) in [7, 11) is 0. The van der Waals surface area contributed by atoms with Crippen molar-refractivity contribution < 1.29 is 4.42 Å². The van der Waals surface area contributed by atoms with Crippen LogP contribution in [0.4, 0.5) is 0 Å². The van der Waals surface area contributed by atoms with Gasteiger partial charge in [0.25, 0.3) is 0 Å². The van der Waals surface area contributed by atoms with Crippen molar-refractivity contribution in [1.29, 1.82) is 0 Å². The zero-order chi connectivity index (χ0) is 34.2. The molecule has 0 fully saturated rings. The van der Waals surface area contributed by atoms with Crippen molar-refractivity contribution >= 4 is 60.0 Å². The largest absolute Gasteiger partial charge is 0.456 e. The van der Waals surface area contributed by atoms with E-state index in [1.165, 1.54) is 5.39 Å². The van der Waals surface area contributed by atoms with E-state index in [-0.39, 0.29) is 0 Å². The number of fused-ring (bicyclic) bond motifs is 10. The van der Waals surface area contributed by atoms with Gasteiger partial charge in [0.2, 0.25) is 0 Å². The number of para-hydroxylation sites is 3. The van der Waals surface area contributed by atoms with Gasteiger partial charge in [-0.15, -0.1) is 0 Å². The Kier molecular flexibility index (Phi) is 6.18. The molecule has 5 nitrogen and oxygen atoms in total. The fourth-order valence-electron chi connectivity index (χ4n) is 7.73. The lowest BCUT2D eigenvalue weighted by Crippen LogP contribution is -1.99. The lowest BCUT2D eigenvalue weighted by atomic mass is 9.95. The maximum absolute atomic E-state index is 6.29. The summed E-state index contributed by atoms with van der Waals surface area (Å²) < 4.78 is 8.27. The molecule has 242 valence electrons. The first-order chi connectivity index (χ1) is 25.8. The molecular weight excluding hydrogens is 637 g/mol. The first-order valence-electron chi connectivity index (χ1n) is 17.4. The van der Waals surface area contributed by atoms with Crippen molar-refractivity contribution in [1.82, 2.24) is 19.6 Å². The highest BCUT2D eigenvalue weighted by Gasteiger charge is 2.18. The molecule has 0 saturated carbocycles. The normalized spacial score (nSPS) is 11.8. The Morgan fingerprint density at radius 3 is 1.79 bits per heavy atom. The van der Waals surface area contributed by atoms with Gasteiger partial charge in [-0.05, 0) is 47.5 Å². The zero-order valence-corrected chi connectivity index (χ0v) is 27.9. The van der Waals surface area contributed by atoms with Crippen LogP contribution in [0, 0.1) is 0 Å². The maximum atomic E-state index is 6.29. The molecule has 0 unspecified atom stereocenters. The minimum Gasteiger partial charge on any atom is -0.456 e. The van der Waals surface area contributed by atoms with Crippen LogP contribution in [0.2, 0.25) is 0 Å². The standard InChI is InChI=1S/C47H28N4O/c1-2-10-31(11-3-1)40-28-41-34-12-4-7-15-38(34)49-47(51(41)50-40)33-24-20-30(21-25-33)29-18-22-32(23-19-29)46-37-26-27-43-45(36-14-6-9-17-42(36)52-43)44(37)35-13-5-8-16-39(35)48-46/h1-28H. The quantitative estimate of drug-likeness (QED) is 0.176. The van der Waals surface area contributed by atoms with Gasteiger partial charge in [-0.25, -0.2) is 14.5 Å². The number of furan rings is 1. The molecule has 0 bridgehead atoms. The Morgan fingerprint density at radius 1 is 0.404 bits per heavy atom. The van der Waals surface area contributed by atoms with Gasteiger partial charge in [-0.2, -0.15) is 5.10 Å². The molecule has 0 aliphatic rings. The third kappa shape index (κ3) is 4.39. The molecule has 0 radical (unpaired) electrons. The van der Waals surface area contributed by atoms with Crippen molar-refractivity contribution in [2.75, 3.05) is 0 Å². The third-order valence-corrected chi connectivity index (χ3v) is 10.2. The zero-order valence-electron chi connectivity index (χ0n) is 27.9. The van der Waals surface area contributed by atoms with E-state index in [1.54, 1.807) is 0 Å². The highest BCUT2D eigenvalue weighted by molar-refractivity contribution is 6.28. The second kappa shape index (κ2) is 11.2. The van der Waals surface area contributed by atoms with Crippen LogP contribution in [0.1, 0.15) is 0 Å². The average molecular weight is 665 g/mol. The number of aromatic nitrogens is 4. The average Bonchev–Trinajstić information content (AvgIpc) is 3.84. The first-order valence-corrected chi connectivity index (χ1v) is 17.4. The van der Waals surface area contributed by atoms with E-state index in [9.17, 15) is 0 Å². The molecule has 11 aromatic rings. The van der Waals surface area contributed by atoms with Gasteiger partial charge in [-0.3, -0.25) is 0 Å². The van der Waals surface area contributed by atoms with E-state index < -0.39 is 0 Å². The monoisotopic (exact) mass is 664 g/mol. The van der Waals surface area contributed by atoms with Gasteiger partial charge in [-0.1, -0.05) is 133 Å². The molecule has 0 aliphatic heterocycles. The van der Waals surface area contributed by atoms with Crippen LogP contribution in [-0.2, 0) is 0 Å². The molecule has 0 spiro atoms. The Hall–Kier alpha value is -7.11. The van der Waals surface area contributed by atoms with Crippen LogP contribution < -0.4 is 0 Å². The van der Waals surface area contributed by atoms with Crippen LogP contribution in [0.25, 0.3) is 105 Å². The van der Waals surface area contributed by atoms with Gasteiger partial charge in [0.1, 0.15) is 11.2 Å². The molecule has 0 saturated heterocycles. The summed E-state index contributed by atoms with van der Waals surface area (Å²) in [5, 5.41) is 11.8. The van der Waals surface area contributed by atoms with E-state index in [0.717, 1.165) is 99.7 Å². The minimum atomic E-state index is 0.812. The Morgan fingerprint density at radius 2 is 1.02 bits per heavy atom. The summed E-state index contributed by atoms with van der Waals surface area (Å²) >= 11 is 0. The highest BCUT2D eigenvalue weighted by Crippen LogP contribution is 2.41. The number of hydrogen-bond donors (Lipinski definition) is 0. The summed E-state index contributed by atoms with van der Waals surface area (Å²) in [5.41, 5.74) is 12.0. The van der Waals surface area contributed by atoms with Gasteiger partial charge in [0, 0.05) is 49.0 Å². The first kappa shape index (κ1) is 28.7. The second-order valence-electron chi connectivity index (χ2n) is 13.2. The molecule has 0 amide bonds. The van der Waals surface area contributed by atoms with E-state index >= 15 is 0 Å². The molecular formula is C47H28N4O. The molecule has 11 rings (SSSR count). The fourth-order valence-corrected chi connectivity index (χ4v) is 7.73. The summed E-state index contributed by atoms with van der Waals surface area (Å²) in [6.45, 7) is 0. The van der Waals surface area contributed by atoms with E-state index in [4.69, 9.17) is 19.5 Å². The van der Waals surface area contributed by atoms with Crippen molar-refractivity contribution in [3.8, 4) is 45.0 Å². The van der Waals surface area contributed by atoms with Crippen LogP contribution in [0.5, 0.6) is 0 Å². The molecule has 52 heavy (non-hydrogen) atoms. The Bertz CT molecular complexity index is 3160. The van der Waals surface area contributed by atoms with Gasteiger partial charge in [0.05, 0.1) is 27.9 Å². The molecule has 0 aliphatic carbocycles. The predicted octanol–water partition coefficient (Wildman–Crippen LogP) is 12.2.